The van der Waals surface area contributed by atoms with Crippen molar-refractivity contribution in [2.24, 2.45) is 0 Å². The van der Waals surface area contributed by atoms with Crippen molar-refractivity contribution in [3.63, 3.8) is 0 Å². The van der Waals surface area contributed by atoms with Gasteiger partial charge in [0.25, 0.3) is 5.91 Å². The molecule has 0 atom stereocenters. The molecular weight excluding hydrogens is 371 g/mol. The number of amides is 1. The van der Waals surface area contributed by atoms with E-state index in [1.165, 1.54) is 35.6 Å². The standard InChI is InChI=1S/C19H23FN2O4S/c1-3-25-11-5-10-22(18(23)14-6-8-15(20)9-7-14)12-17-21-16(13-27-17)19(24)26-4-2/h6-9,13H,3-5,10-12H2,1-2H3. The Bertz CT molecular complexity index is 748. The Hall–Kier alpha value is -2.32. The van der Waals surface area contributed by atoms with E-state index in [0.717, 1.165) is 0 Å². The van der Waals surface area contributed by atoms with E-state index in [1.807, 2.05) is 6.92 Å². The maximum absolute atomic E-state index is 13.1. The number of hydrogen-bond donors (Lipinski definition) is 0. The van der Waals surface area contributed by atoms with Gasteiger partial charge < -0.3 is 14.4 Å². The summed E-state index contributed by atoms with van der Waals surface area (Å²) in [5.41, 5.74) is 0.635. The molecule has 1 aromatic carbocycles. The Morgan fingerprint density at radius 2 is 1.93 bits per heavy atom. The summed E-state index contributed by atoms with van der Waals surface area (Å²) in [5.74, 6) is -1.10. The third kappa shape index (κ3) is 6.41. The molecule has 0 aliphatic heterocycles. The van der Waals surface area contributed by atoms with E-state index in [2.05, 4.69) is 4.98 Å². The molecule has 0 aliphatic rings. The molecule has 1 amide bonds. The molecule has 0 radical (unpaired) electrons. The smallest absolute Gasteiger partial charge is 0.357 e. The molecule has 0 bridgehead atoms. The fraction of sp³-hybridized carbons (Fsp3) is 0.421. The monoisotopic (exact) mass is 394 g/mol. The van der Waals surface area contributed by atoms with Crippen LogP contribution in [0.1, 0.15) is 46.1 Å². The molecule has 146 valence electrons. The van der Waals surface area contributed by atoms with Crippen molar-refractivity contribution < 1.29 is 23.5 Å². The Morgan fingerprint density at radius 3 is 2.59 bits per heavy atom. The molecule has 2 aromatic rings. The average Bonchev–Trinajstić information content (AvgIpc) is 3.13. The van der Waals surface area contributed by atoms with Crippen LogP contribution in [0.4, 0.5) is 4.39 Å². The fourth-order valence-electron chi connectivity index (χ4n) is 2.37. The first-order valence-corrected chi connectivity index (χ1v) is 9.67. The van der Waals surface area contributed by atoms with Crippen LogP contribution in [0.2, 0.25) is 0 Å². The Balaban J connectivity index is 2.10. The first-order chi connectivity index (χ1) is 13.0. The highest BCUT2D eigenvalue weighted by Gasteiger charge is 2.19. The average molecular weight is 394 g/mol. The SMILES string of the molecule is CCOCCCN(Cc1nc(C(=O)OCC)cs1)C(=O)c1ccc(F)cc1. The molecule has 6 nitrogen and oxygen atoms in total. The second-order valence-corrected chi connectivity index (χ2v) is 6.57. The van der Waals surface area contributed by atoms with Crippen LogP contribution in [0.5, 0.6) is 0 Å². The number of nitrogens with zero attached hydrogens (tertiary/aromatic N) is 2. The summed E-state index contributed by atoms with van der Waals surface area (Å²) in [7, 11) is 0. The Labute approximate surface area is 161 Å². The molecule has 1 aromatic heterocycles. The molecule has 0 unspecified atom stereocenters. The number of carbonyl (C=O) groups excluding carboxylic acids is 2. The summed E-state index contributed by atoms with van der Waals surface area (Å²) >= 11 is 1.29. The topological polar surface area (TPSA) is 68.7 Å². The molecule has 0 saturated carbocycles. The predicted molar refractivity (Wildman–Crippen MR) is 100 cm³/mol. The lowest BCUT2D eigenvalue weighted by atomic mass is 10.2. The molecule has 2 rings (SSSR count). The van der Waals surface area contributed by atoms with Gasteiger partial charge in [-0.3, -0.25) is 4.79 Å². The van der Waals surface area contributed by atoms with Crippen LogP contribution in [0, 0.1) is 5.82 Å². The zero-order chi connectivity index (χ0) is 19.6. The maximum Gasteiger partial charge on any atom is 0.357 e. The highest BCUT2D eigenvalue weighted by molar-refractivity contribution is 7.09. The second kappa shape index (κ2) is 10.7. The van der Waals surface area contributed by atoms with E-state index < -0.39 is 11.8 Å². The minimum atomic E-state index is -0.479. The van der Waals surface area contributed by atoms with Gasteiger partial charge in [0.1, 0.15) is 10.8 Å². The number of rotatable bonds is 10. The number of aromatic nitrogens is 1. The number of benzene rings is 1. The summed E-state index contributed by atoms with van der Waals surface area (Å²) in [6, 6.07) is 5.43. The quantitative estimate of drug-likeness (QED) is 0.455. The molecule has 0 N–H and O–H groups in total. The van der Waals surface area contributed by atoms with Gasteiger partial charge in [0.2, 0.25) is 0 Å². The summed E-state index contributed by atoms with van der Waals surface area (Å²) < 4.78 is 23.4. The summed E-state index contributed by atoms with van der Waals surface area (Å²) in [6.45, 7) is 5.78. The van der Waals surface area contributed by atoms with Crippen molar-refractivity contribution in [2.75, 3.05) is 26.4 Å². The van der Waals surface area contributed by atoms with Crippen molar-refractivity contribution in [1.29, 1.82) is 0 Å². The summed E-state index contributed by atoms with van der Waals surface area (Å²) in [6.07, 6.45) is 0.664. The highest BCUT2D eigenvalue weighted by atomic mass is 32.1. The van der Waals surface area contributed by atoms with Crippen LogP contribution in [-0.2, 0) is 16.0 Å². The normalized spacial score (nSPS) is 10.6. The lowest BCUT2D eigenvalue weighted by Crippen LogP contribution is -2.32. The van der Waals surface area contributed by atoms with Gasteiger partial charge in [-0.15, -0.1) is 11.3 Å². The molecule has 27 heavy (non-hydrogen) atoms. The van der Waals surface area contributed by atoms with Crippen LogP contribution in [0.25, 0.3) is 0 Å². The van der Waals surface area contributed by atoms with Gasteiger partial charge in [-0.2, -0.15) is 0 Å². The van der Waals surface area contributed by atoms with Gasteiger partial charge >= 0.3 is 5.97 Å². The fourth-order valence-corrected chi connectivity index (χ4v) is 3.15. The molecule has 0 aliphatic carbocycles. The zero-order valence-corrected chi connectivity index (χ0v) is 16.3. The van der Waals surface area contributed by atoms with Crippen molar-refractivity contribution in [3.8, 4) is 0 Å². The molecule has 0 spiro atoms. The predicted octanol–water partition coefficient (Wildman–Crippen LogP) is 3.53. The van der Waals surface area contributed by atoms with E-state index in [9.17, 15) is 14.0 Å². The van der Waals surface area contributed by atoms with Gasteiger partial charge in [-0.05, 0) is 44.5 Å². The third-order valence-electron chi connectivity index (χ3n) is 3.66. The minimum absolute atomic E-state index is 0.223. The van der Waals surface area contributed by atoms with Crippen LogP contribution in [0.3, 0.4) is 0 Å². The Morgan fingerprint density at radius 1 is 1.19 bits per heavy atom. The lowest BCUT2D eigenvalue weighted by Gasteiger charge is -2.22. The van der Waals surface area contributed by atoms with Crippen molar-refractivity contribution >= 4 is 23.2 Å². The molecular formula is C19H23FN2O4S. The van der Waals surface area contributed by atoms with E-state index in [1.54, 1.807) is 17.2 Å². The Kier molecular flexibility index (Phi) is 8.35. The van der Waals surface area contributed by atoms with Gasteiger partial charge in [0, 0.05) is 30.7 Å². The van der Waals surface area contributed by atoms with E-state index in [4.69, 9.17) is 9.47 Å². The van der Waals surface area contributed by atoms with Crippen molar-refractivity contribution in [3.05, 3.63) is 51.7 Å². The maximum atomic E-state index is 13.1. The molecule has 1 heterocycles. The molecule has 0 saturated heterocycles. The largest absolute Gasteiger partial charge is 0.461 e. The van der Waals surface area contributed by atoms with E-state index >= 15 is 0 Å². The van der Waals surface area contributed by atoms with E-state index in [0.29, 0.717) is 36.8 Å². The van der Waals surface area contributed by atoms with Gasteiger partial charge in [0.15, 0.2) is 5.69 Å². The van der Waals surface area contributed by atoms with Crippen LogP contribution in [-0.4, -0.2) is 48.1 Å². The number of hydrogen-bond acceptors (Lipinski definition) is 6. The second-order valence-electron chi connectivity index (χ2n) is 5.63. The first-order valence-electron chi connectivity index (χ1n) is 8.79. The minimum Gasteiger partial charge on any atom is -0.461 e. The molecule has 8 heteroatoms. The van der Waals surface area contributed by atoms with Gasteiger partial charge in [-0.1, -0.05) is 0 Å². The van der Waals surface area contributed by atoms with E-state index in [-0.39, 0.29) is 24.8 Å². The van der Waals surface area contributed by atoms with Gasteiger partial charge in [-0.25, -0.2) is 14.2 Å². The number of esters is 1. The number of ether oxygens (including phenoxy) is 2. The zero-order valence-electron chi connectivity index (χ0n) is 15.4. The van der Waals surface area contributed by atoms with Crippen LogP contribution in [0.15, 0.2) is 29.6 Å². The van der Waals surface area contributed by atoms with Crippen LogP contribution >= 0.6 is 11.3 Å². The van der Waals surface area contributed by atoms with Gasteiger partial charge in [0.05, 0.1) is 13.2 Å². The van der Waals surface area contributed by atoms with Crippen molar-refractivity contribution in [2.45, 2.75) is 26.8 Å². The third-order valence-corrected chi connectivity index (χ3v) is 4.50. The lowest BCUT2D eigenvalue weighted by molar-refractivity contribution is 0.0520. The highest BCUT2D eigenvalue weighted by Crippen LogP contribution is 2.16. The summed E-state index contributed by atoms with van der Waals surface area (Å²) in [5, 5.41) is 2.25. The first kappa shape index (κ1) is 21.0. The summed E-state index contributed by atoms with van der Waals surface area (Å²) in [4.78, 5) is 30.5. The number of thiazole rings is 1. The number of carbonyl (C=O) groups is 2. The van der Waals surface area contributed by atoms with Crippen molar-refractivity contribution in [1.82, 2.24) is 9.88 Å². The number of halogens is 1. The van der Waals surface area contributed by atoms with Crippen LogP contribution < -0.4 is 0 Å². The molecule has 0 fully saturated rings.